The minimum atomic E-state index is -1.34. The summed E-state index contributed by atoms with van der Waals surface area (Å²) in [5.74, 6) is -1.99. The zero-order valence-electron chi connectivity index (χ0n) is 19.3. The highest BCUT2D eigenvalue weighted by Gasteiger charge is 2.35. The third kappa shape index (κ3) is 7.15. The average Bonchev–Trinajstić information content (AvgIpc) is 2.91. The molecule has 2 amide bonds. The van der Waals surface area contributed by atoms with E-state index in [0.29, 0.717) is 0 Å². The first-order valence-electron chi connectivity index (χ1n) is 11.1. The van der Waals surface area contributed by atoms with E-state index in [0.717, 1.165) is 16.7 Å². The van der Waals surface area contributed by atoms with Gasteiger partial charge in [0.05, 0.1) is 13.7 Å². The molecule has 35 heavy (non-hydrogen) atoms. The van der Waals surface area contributed by atoms with Crippen LogP contribution in [0.3, 0.4) is 0 Å². The van der Waals surface area contributed by atoms with Crippen LogP contribution >= 0.6 is 0 Å². The Kier molecular flexibility index (Phi) is 9.39. The number of esters is 1. The van der Waals surface area contributed by atoms with Gasteiger partial charge in [-0.25, -0.2) is 9.59 Å². The van der Waals surface area contributed by atoms with Gasteiger partial charge in [-0.2, -0.15) is 0 Å². The number of aliphatic hydroxyl groups is 1. The minimum Gasteiger partial charge on any atom is -0.467 e. The van der Waals surface area contributed by atoms with Gasteiger partial charge in [0.1, 0.15) is 18.7 Å². The van der Waals surface area contributed by atoms with Crippen molar-refractivity contribution in [3.05, 3.63) is 108 Å². The smallest absolute Gasteiger partial charge is 0.408 e. The molecule has 0 aromatic heterocycles. The summed E-state index contributed by atoms with van der Waals surface area (Å²) in [6.45, 7) is -0.692. The Morgan fingerprint density at radius 2 is 1.31 bits per heavy atom. The van der Waals surface area contributed by atoms with Crippen LogP contribution in [-0.4, -0.2) is 48.9 Å². The normalized spacial score (nSPS) is 12.3. The third-order valence-corrected chi connectivity index (χ3v) is 5.41. The topological polar surface area (TPSA) is 114 Å². The van der Waals surface area contributed by atoms with Gasteiger partial charge < -0.3 is 25.2 Å². The molecule has 0 heterocycles. The molecule has 3 aromatic rings. The van der Waals surface area contributed by atoms with E-state index in [-0.39, 0.29) is 6.61 Å². The molecule has 0 unspecified atom stereocenters. The highest BCUT2D eigenvalue weighted by molar-refractivity contribution is 5.90. The molecular weight excluding hydrogens is 448 g/mol. The van der Waals surface area contributed by atoms with Crippen molar-refractivity contribution in [3.63, 3.8) is 0 Å². The minimum absolute atomic E-state index is 0.00130. The highest BCUT2D eigenvalue weighted by atomic mass is 16.5. The van der Waals surface area contributed by atoms with E-state index in [1.807, 2.05) is 78.9 Å². The molecule has 0 fully saturated rings. The van der Waals surface area contributed by atoms with Gasteiger partial charge in [0.25, 0.3) is 0 Å². The Bertz CT molecular complexity index is 1050. The molecule has 0 radical (unpaired) electrons. The first kappa shape index (κ1) is 25.5. The van der Waals surface area contributed by atoms with Crippen molar-refractivity contribution < 1.29 is 29.0 Å². The van der Waals surface area contributed by atoms with E-state index in [4.69, 9.17) is 9.47 Å². The quantitative estimate of drug-likeness (QED) is 0.388. The van der Waals surface area contributed by atoms with E-state index in [2.05, 4.69) is 10.6 Å². The molecule has 2 atom stereocenters. The summed E-state index contributed by atoms with van der Waals surface area (Å²) in [5, 5.41) is 14.8. The number of alkyl carbamates (subject to hydrolysis) is 1. The van der Waals surface area contributed by atoms with Crippen LogP contribution in [0.4, 0.5) is 4.79 Å². The summed E-state index contributed by atoms with van der Waals surface area (Å²) in [7, 11) is 1.23. The number of nitrogens with one attached hydrogen (secondary N) is 2. The number of rotatable bonds is 10. The van der Waals surface area contributed by atoms with Crippen LogP contribution in [0.1, 0.15) is 22.6 Å². The number of methoxy groups -OCH3 is 1. The summed E-state index contributed by atoms with van der Waals surface area (Å²) in [4.78, 5) is 38.1. The second-order valence-corrected chi connectivity index (χ2v) is 7.75. The fourth-order valence-electron chi connectivity index (χ4n) is 3.66. The fourth-order valence-corrected chi connectivity index (χ4v) is 3.66. The van der Waals surface area contributed by atoms with Gasteiger partial charge >= 0.3 is 12.1 Å². The van der Waals surface area contributed by atoms with Crippen LogP contribution in [-0.2, 0) is 25.7 Å². The van der Waals surface area contributed by atoms with Gasteiger partial charge in [0.15, 0.2) is 0 Å². The lowest BCUT2D eigenvalue weighted by molar-refractivity contribution is -0.145. The summed E-state index contributed by atoms with van der Waals surface area (Å²) in [6, 6.07) is 25.0. The number of hydrogen-bond donors (Lipinski definition) is 3. The Hall–Kier alpha value is -4.17. The predicted octanol–water partition coefficient (Wildman–Crippen LogP) is 2.76. The van der Waals surface area contributed by atoms with Gasteiger partial charge in [-0.05, 0) is 16.7 Å². The van der Waals surface area contributed by atoms with Crippen molar-refractivity contribution in [1.29, 1.82) is 0 Å². The van der Waals surface area contributed by atoms with E-state index in [1.54, 1.807) is 12.1 Å². The number of carbonyl (C=O) groups excluding carboxylic acids is 3. The number of amides is 2. The highest BCUT2D eigenvalue weighted by Crippen LogP contribution is 2.29. The summed E-state index contributed by atoms with van der Waals surface area (Å²) >= 11 is 0. The molecule has 0 saturated heterocycles. The van der Waals surface area contributed by atoms with Gasteiger partial charge in [0.2, 0.25) is 5.91 Å². The third-order valence-electron chi connectivity index (χ3n) is 5.41. The first-order valence-corrected chi connectivity index (χ1v) is 11.1. The number of benzene rings is 3. The van der Waals surface area contributed by atoms with Crippen molar-refractivity contribution in [3.8, 4) is 0 Å². The zero-order valence-corrected chi connectivity index (χ0v) is 19.3. The first-order chi connectivity index (χ1) is 17.0. The maximum atomic E-state index is 13.0. The molecule has 0 bridgehead atoms. The van der Waals surface area contributed by atoms with Gasteiger partial charge in [-0.1, -0.05) is 91.0 Å². The Balaban J connectivity index is 1.77. The van der Waals surface area contributed by atoms with Gasteiger partial charge in [-0.15, -0.1) is 0 Å². The lowest BCUT2D eigenvalue weighted by Crippen LogP contribution is -2.55. The summed E-state index contributed by atoms with van der Waals surface area (Å²) in [6.07, 6.45) is -0.875. The Labute approximate surface area is 203 Å². The van der Waals surface area contributed by atoms with Crippen molar-refractivity contribution in [2.75, 3.05) is 13.7 Å². The molecule has 0 saturated carbocycles. The number of ether oxygens (including phenoxy) is 2. The largest absolute Gasteiger partial charge is 0.467 e. The molecule has 3 N–H and O–H groups in total. The second-order valence-electron chi connectivity index (χ2n) is 7.75. The molecule has 0 aliphatic carbocycles. The van der Waals surface area contributed by atoms with E-state index >= 15 is 0 Å². The number of aliphatic hydroxyl groups excluding tert-OH is 1. The van der Waals surface area contributed by atoms with E-state index in [9.17, 15) is 19.5 Å². The van der Waals surface area contributed by atoms with Gasteiger partial charge in [0, 0.05) is 5.92 Å². The van der Waals surface area contributed by atoms with Crippen LogP contribution < -0.4 is 10.6 Å². The van der Waals surface area contributed by atoms with Crippen LogP contribution in [0.2, 0.25) is 0 Å². The van der Waals surface area contributed by atoms with Crippen LogP contribution in [0.25, 0.3) is 0 Å². The lowest BCUT2D eigenvalue weighted by Gasteiger charge is -2.28. The summed E-state index contributed by atoms with van der Waals surface area (Å²) in [5.41, 5.74) is 2.34. The molecule has 8 nitrogen and oxygen atoms in total. The van der Waals surface area contributed by atoms with Crippen molar-refractivity contribution in [1.82, 2.24) is 10.6 Å². The molecule has 0 aliphatic rings. The van der Waals surface area contributed by atoms with Gasteiger partial charge in [-0.3, -0.25) is 4.79 Å². The molecular formula is C27H28N2O6. The van der Waals surface area contributed by atoms with Crippen molar-refractivity contribution in [2.45, 2.75) is 24.6 Å². The number of carbonyl (C=O) groups is 3. The summed E-state index contributed by atoms with van der Waals surface area (Å²) < 4.78 is 10.1. The second kappa shape index (κ2) is 12.9. The molecule has 8 heteroatoms. The van der Waals surface area contributed by atoms with E-state index in [1.165, 1.54) is 7.11 Å². The van der Waals surface area contributed by atoms with Crippen molar-refractivity contribution >= 4 is 18.0 Å². The maximum Gasteiger partial charge on any atom is 0.408 e. The van der Waals surface area contributed by atoms with Crippen LogP contribution in [0, 0.1) is 0 Å². The Morgan fingerprint density at radius 1 is 0.800 bits per heavy atom. The maximum absolute atomic E-state index is 13.0. The monoisotopic (exact) mass is 476 g/mol. The van der Waals surface area contributed by atoms with Crippen LogP contribution in [0.5, 0.6) is 0 Å². The van der Waals surface area contributed by atoms with E-state index < -0.39 is 42.6 Å². The fraction of sp³-hybridized carbons (Fsp3) is 0.222. The number of hydrogen-bond acceptors (Lipinski definition) is 6. The molecule has 182 valence electrons. The van der Waals surface area contributed by atoms with Crippen LogP contribution in [0.15, 0.2) is 91.0 Å². The molecule has 3 aromatic carbocycles. The predicted molar refractivity (Wildman–Crippen MR) is 129 cm³/mol. The standard InChI is InChI=1S/C27H28N2O6/c1-34-26(32)24(23(20-13-7-3-8-14-20)21-15-9-4-10-16-21)29-25(31)22(17-30)28-27(33)35-18-19-11-5-2-6-12-19/h2-16,22-24,30H,17-18H2,1H3,(H,28,33)(H,29,31)/t22-,24-/m0/s1. The zero-order chi connectivity index (χ0) is 25.0. The molecule has 0 spiro atoms. The molecule has 3 rings (SSSR count). The Morgan fingerprint density at radius 3 is 1.80 bits per heavy atom. The SMILES string of the molecule is COC(=O)[C@@H](NC(=O)[C@H](CO)NC(=O)OCc1ccccc1)C(c1ccccc1)c1ccccc1. The molecule has 0 aliphatic heterocycles. The van der Waals surface area contributed by atoms with Crippen molar-refractivity contribution in [2.24, 2.45) is 0 Å². The average molecular weight is 477 g/mol. The lowest BCUT2D eigenvalue weighted by atomic mass is 9.84.